The lowest BCUT2D eigenvalue weighted by Gasteiger charge is -2.19. The Morgan fingerprint density at radius 1 is 1.20 bits per heavy atom. The predicted molar refractivity (Wildman–Crippen MR) is 97.0 cm³/mol. The Bertz CT molecular complexity index is 601. The summed E-state index contributed by atoms with van der Waals surface area (Å²) in [6.45, 7) is 9.32. The summed E-state index contributed by atoms with van der Waals surface area (Å²) in [5, 5.41) is 0. The van der Waals surface area contributed by atoms with Crippen LogP contribution in [0.15, 0.2) is 61.1 Å². The highest BCUT2D eigenvalue weighted by atomic mass is 16.6. The molecule has 0 amide bonds. The van der Waals surface area contributed by atoms with Gasteiger partial charge in [0.15, 0.2) is 0 Å². The molecule has 0 bridgehead atoms. The Morgan fingerprint density at radius 3 is 2.48 bits per heavy atom. The third kappa shape index (κ3) is 8.11. The number of methoxy groups -OCH3 is 1. The number of benzene rings is 1. The second kappa shape index (κ2) is 11.0. The third-order valence-electron chi connectivity index (χ3n) is 3.43. The van der Waals surface area contributed by atoms with Crippen LogP contribution in [0.5, 0.6) is 5.75 Å². The zero-order valence-corrected chi connectivity index (χ0v) is 15.2. The minimum absolute atomic E-state index is 0.270. The highest BCUT2D eigenvalue weighted by Crippen LogP contribution is 2.12. The topological polar surface area (TPSA) is 54.0 Å². The van der Waals surface area contributed by atoms with E-state index in [4.69, 9.17) is 18.9 Å². The summed E-state index contributed by atoms with van der Waals surface area (Å²) < 4.78 is 21.2. The van der Waals surface area contributed by atoms with Crippen molar-refractivity contribution in [2.75, 3.05) is 7.11 Å². The molecule has 0 saturated carbocycles. The molecule has 0 aromatic heterocycles. The van der Waals surface area contributed by atoms with E-state index in [1.54, 1.807) is 32.6 Å². The smallest absolute Gasteiger partial charge is 0.330 e. The molecule has 0 N–H and O–H groups in total. The maximum absolute atomic E-state index is 11.1. The standard InChI is InChI=1S/C20H26O5/c1-6-20(21)25-17(4)16(3)24-12-11-15(2)13-23-14-18-7-9-19(22-5)10-8-18/h6-13,16-17H,1,14H2,2-5H3/b12-11+,15-13-/t16-,17-/m0/s1. The maximum atomic E-state index is 11.1. The van der Waals surface area contributed by atoms with Crippen molar-refractivity contribution in [2.24, 2.45) is 0 Å². The van der Waals surface area contributed by atoms with Crippen molar-refractivity contribution < 1.29 is 23.7 Å². The van der Waals surface area contributed by atoms with Crippen LogP contribution in [0.4, 0.5) is 0 Å². The molecule has 0 heterocycles. The molecule has 136 valence electrons. The molecule has 5 nitrogen and oxygen atoms in total. The summed E-state index contributed by atoms with van der Waals surface area (Å²) in [7, 11) is 1.64. The summed E-state index contributed by atoms with van der Waals surface area (Å²) in [4.78, 5) is 11.1. The lowest BCUT2D eigenvalue weighted by molar-refractivity contribution is -0.147. The largest absolute Gasteiger partial charge is 0.497 e. The molecule has 0 aliphatic rings. The van der Waals surface area contributed by atoms with Gasteiger partial charge in [0.2, 0.25) is 0 Å². The molecule has 0 fully saturated rings. The number of carbonyl (C=O) groups excluding carboxylic acids is 1. The predicted octanol–water partition coefficient (Wildman–Crippen LogP) is 4.15. The zero-order chi connectivity index (χ0) is 18.7. The summed E-state index contributed by atoms with van der Waals surface area (Å²) in [5.74, 6) is 0.354. The second-order valence-corrected chi connectivity index (χ2v) is 5.51. The van der Waals surface area contributed by atoms with Gasteiger partial charge in [-0.2, -0.15) is 0 Å². The Kier molecular flexibility index (Phi) is 8.93. The summed E-state index contributed by atoms with van der Waals surface area (Å²) in [5.41, 5.74) is 1.95. The van der Waals surface area contributed by atoms with Crippen LogP contribution in [0, 0.1) is 0 Å². The molecule has 0 unspecified atom stereocenters. The normalized spacial score (nSPS) is 13.8. The van der Waals surface area contributed by atoms with E-state index < -0.39 is 5.97 Å². The van der Waals surface area contributed by atoms with Gasteiger partial charge in [0.25, 0.3) is 0 Å². The van der Waals surface area contributed by atoms with Gasteiger partial charge in [-0.25, -0.2) is 4.79 Å². The van der Waals surface area contributed by atoms with E-state index in [9.17, 15) is 4.79 Å². The number of esters is 1. The monoisotopic (exact) mass is 346 g/mol. The number of hydrogen-bond acceptors (Lipinski definition) is 5. The first kappa shape index (κ1) is 20.4. The first-order valence-electron chi connectivity index (χ1n) is 8.02. The maximum Gasteiger partial charge on any atom is 0.330 e. The van der Waals surface area contributed by atoms with Gasteiger partial charge in [-0.1, -0.05) is 18.7 Å². The third-order valence-corrected chi connectivity index (χ3v) is 3.43. The second-order valence-electron chi connectivity index (χ2n) is 5.51. The van der Waals surface area contributed by atoms with Gasteiger partial charge in [0.05, 0.1) is 19.6 Å². The van der Waals surface area contributed by atoms with Crippen LogP contribution in [0.2, 0.25) is 0 Å². The molecular weight excluding hydrogens is 320 g/mol. The van der Waals surface area contributed by atoms with Crippen molar-refractivity contribution in [2.45, 2.75) is 39.6 Å². The molecular formula is C20H26O5. The highest BCUT2D eigenvalue weighted by molar-refractivity contribution is 5.81. The molecule has 0 spiro atoms. The molecule has 1 aromatic carbocycles. The van der Waals surface area contributed by atoms with Crippen molar-refractivity contribution in [3.63, 3.8) is 0 Å². The quantitative estimate of drug-likeness (QED) is 0.276. The Hall–Kier alpha value is -2.69. The molecule has 25 heavy (non-hydrogen) atoms. The van der Waals surface area contributed by atoms with Crippen LogP contribution in [-0.2, 0) is 25.6 Å². The van der Waals surface area contributed by atoms with Gasteiger partial charge in [-0.15, -0.1) is 0 Å². The Labute approximate surface area is 149 Å². The van der Waals surface area contributed by atoms with Crippen molar-refractivity contribution in [3.8, 4) is 5.75 Å². The van der Waals surface area contributed by atoms with Crippen LogP contribution in [0.25, 0.3) is 0 Å². The fourth-order valence-corrected chi connectivity index (χ4v) is 1.74. The van der Waals surface area contributed by atoms with Gasteiger partial charge in [0.1, 0.15) is 24.6 Å². The minimum Gasteiger partial charge on any atom is -0.497 e. The van der Waals surface area contributed by atoms with Crippen molar-refractivity contribution >= 4 is 5.97 Å². The van der Waals surface area contributed by atoms with Gasteiger partial charge in [0, 0.05) is 6.08 Å². The lowest BCUT2D eigenvalue weighted by atomic mass is 10.2. The van der Waals surface area contributed by atoms with Crippen LogP contribution in [0.1, 0.15) is 26.3 Å². The zero-order valence-electron chi connectivity index (χ0n) is 15.2. The van der Waals surface area contributed by atoms with E-state index in [0.717, 1.165) is 23.0 Å². The molecule has 1 rings (SSSR count). The average Bonchev–Trinajstić information content (AvgIpc) is 2.61. The van der Waals surface area contributed by atoms with Crippen molar-refractivity contribution in [1.82, 2.24) is 0 Å². The van der Waals surface area contributed by atoms with Crippen LogP contribution in [-0.4, -0.2) is 25.3 Å². The minimum atomic E-state index is -0.463. The Morgan fingerprint density at radius 2 is 1.88 bits per heavy atom. The first-order chi connectivity index (χ1) is 12.0. The highest BCUT2D eigenvalue weighted by Gasteiger charge is 2.15. The Balaban J connectivity index is 2.36. The first-order valence-corrected chi connectivity index (χ1v) is 8.02. The molecule has 2 atom stereocenters. The van der Waals surface area contributed by atoms with E-state index in [2.05, 4.69) is 6.58 Å². The fourth-order valence-electron chi connectivity index (χ4n) is 1.74. The van der Waals surface area contributed by atoms with Crippen LogP contribution >= 0.6 is 0 Å². The number of carbonyl (C=O) groups is 1. The number of ether oxygens (including phenoxy) is 4. The van der Waals surface area contributed by atoms with E-state index in [0.29, 0.717) is 6.61 Å². The fraction of sp³-hybridized carbons (Fsp3) is 0.350. The molecule has 1 aromatic rings. The lowest BCUT2D eigenvalue weighted by Crippen LogP contribution is -2.26. The van der Waals surface area contributed by atoms with Gasteiger partial charge >= 0.3 is 5.97 Å². The molecule has 0 radical (unpaired) electrons. The molecule has 5 heteroatoms. The summed E-state index contributed by atoms with van der Waals surface area (Å²) in [6.07, 6.45) is 5.50. The van der Waals surface area contributed by atoms with Crippen LogP contribution < -0.4 is 4.74 Å². The van der Waals surface area contributed by atoms with E-state index >= 15 is 0 Å². The van der Waals surface area contributed by atoms with E-state index in [1.165, 1.54) is 0 Å². The molecule has 0 aliphatic heterocycles. The number of rotatable bonds is 10. The van der Waals surface area contributed by atoms with Crippen molar-refractivity contribution in [1.29, 1.82) is 0 Å². The van der Waals surface area contributed by atoms with Gasteiger partial charge < -0.3 is 18.9 Å². The number of hydrogen-bond donors (Lipinski definition) is 0. The molecule has 0 aliphatic carbocycles. The number of allylic oxidation sites excluding steroid dienone is 2. The summed E-state index contributed by atoms with van der Waals surface area (Å²) >= 11 is 0. The molecule has 0 saturated heterocycles. The van der Waals surface area contributed by atoms with Gasteiger partial charge in [-0.05, 0) is 50.1 Å². The summed E-state index contributed by atoms with van der Waals surface area (Å²) in [6, 6.07) is 7.69. The van der Waals surface area contributed by atoms with Gasteiger partial charge in [-0.3, -0.25) is 0 Å². The SMILES string of the molecule is C=CC(=O)O[C@@H](C)[C@H](C)O/C=C/C(C)=C\OCc1ccc(OC)cc1. The van der Waals surface area contributed by atoms with Crippen LogP contribution in [0.3, 0.4) is 0 Å². The van der Waals surface area contributed by atoms with Crippen molar-refractivity contribution in [3.05, 3.63) is 66.7 Å². The van der Waals surface area contributed by atoms with E-state index in [1.807, 2.05) is 38.1 Å². The average molecular weight is 346 g/mol. The van der Waals surface area contributed by atoms with E-state index in [-0.39, 0.29) is 12.2 Å².